The Bertz CT molecular complexity index is 1240. The predicted octanol–water partition coefficient (Wildman–Crippen LogP) is 1.66. The smallest absolute Gasteiger partial charge is 0.325 e. The minimum atomic E-state index is -0.626. The van der Waals surface area contributed by atoms with E-state index < -0.39 is 17.2 Å². The number of nitrogens with zero attached hydrogens (tertiary/aromatic N) is 1. The molecule has 3 aromatic rings. The summed E-state index contributed by atoms with van der Waals surface area (Å²) in [5.74, 6) is 0.799. The van der Waals surface area contributed by atoms with Crippen molar-refractivity contribution in [3.05, 3.63) is 85.7 Å². The van der Waals surface area contributed by atoms with Crippen LogP contribution in [0.4, 0.5) is 0 Å². The van der Waals surface area contributed by atoms with Crippen LogP contribution in [0.15, 0.2) is 57.2 Å². The molecule has 0 radical (unpaired) electrons. The molecule has 0 saturated carbocycles. The Morgan fingerprint density at radius 3 is 2.33 bits per heavy atom. The molecular weight excluding hydrogens is 428 g/mol. The van der Waals surface area contributed by atoms with Gasteiger partial charge in [0.15, 0.2) is 11.5 Å². The molecule has 3 N–H and O–H groups in total. The number of nitrogens with one attached hydrogen (secondary N) is 3. The predicted molar refractivity (Wildman–Crippen MR) is 122 cm³/mol. The maximum absolute atomic E-state index is 12.2. The maximum Gasteiger partial charge on any atom is 0.325 e. The van der Waals surface area contributed by atoms with E-state index in [0.717, 1.165) is 5.56 Å². The minimum absolute atomic E-state index is 0.158. The van der Waals surface area contributed by atoms with Crippen LogP contribution in [-0.4, -0.2) is 36.3 Å². The molecule has 0 aliphatic rings. The molecule has 1 heterocycles. The Morgan fingerprint density at radius 2 is 1.73 bits per heavy atom. The summed E-state index contributed by atoms with van der Waals surface area (Å²) in [5, 5.41) is 3.93. The van der Waals surface area contributed by atoms with Crippen LogP contribution in [0.25, 0.3) is 0 Å². The fourth-order valence-electron chi connectivity index (χ4n) is 3.06. The second-order valence-electron chi connectivity index (χ2n) is 7.01. The lowest BCUT2D eigenvalue weighted by atomic mass is 10.1. The summed E-state index contributed by atoms with van der Waals surface area (Å²) in [6.45, 7) is 1.88. The van der Waals surface area contributed by atoms with Crippen molar-refractivity contribution in [2.24, 2.45) is 5.10 Å². The van der Waals surface area contributed by atoms with E-state index in [0.29, 0.717) is 35.1 Å². The molecule has 0 atom stereocenters. The van der Waals surface area contributed by atoms with E-state index in [9.17, 15) is 14.4 Å². The van der Waals surface area contributed by atoms with Gasteiger partial charge >= 0.3 is 5.69 Å². The van der Waals surface area contributed by atoms with Crippen molar-refractivity contribution < 1.29 is 19.0 Å². The quantitative estimate of drug-likeness (QED) is 0.334. The summed E-state index contributed by atoms with van der Waals surface area (Å²) in [6, 6.07) is 13.1. The van der Waals surface area contributed by atoms with Gasteiger partial charge in [0, 0.05) is 16.8 Å². The van der Waals surface area contributed by atoms with Crippen molar-refractivity contribution in [3.63, 3.8) is 0 Å². The van der Waals surface area contributed by atoms with E-state index in [-0.39, 0.29) is 12.0 Å². The molecule has 1 aromatic heterocycles. The van der Waals surface area contributed by atoms with Crippen LogP contribution in [0.3, 0.4) is 0 Å². The van der Waals surface area contributed by atoms with Crippen LogP contribution < -0.4 is 30.9 Å². The summed E-state index contributed by atoms with van der Waals surface area (Å²) in [4.78, 5) is 39.8. The van der Waals surface area contributed by atoms with Crippen molar-refractivity contribution in [2.45, 2.75) is 20.0 Å². The van der Waals surface area contributed by atoms with Gasteiger partial charge in [0.05, 0.1) is 26.9 Å². The third-order valence-corrected chi connectivity index (χ3v) is 4.70. The monoisotopic (exact) mass is 452 g/mol. The third kappa shape index (κ3) is 6.10. The maximum atomic E-state index is 12.2. The van der Waals surface area contributed by atoms with E-state index in [1.54, 1.807) is 19.1 Å². The van der Waals surface area contributed by atoms with Gasteiger partial charge in [-0.2, -0.15) is 5.10 Å². The summed E-state index contributed by atoms with van der Waals surface area (Å²) < 4.78 is 16.8. The van der Waals surface area contributed by atoms with Crippen molar-refractivity contribution in [1.82, 2.24) is 15.4 Å². The molecule has 0 aliphatic heterocycles. The number of hydrogen-bond donors (Lipinski definition) is 3. The topological polar surface area (TPSA) is 135 Å². The van der Waals surface area contributed by atoms with Crippen LogP contribution in [0.1, 0.15) is 22.4 Å². The molecular formula is C23H24N4O6. The molecule has 0 fully saturated rings. The van der Waals surface area contributed by atoms with Crippen LogP contribution in [0.5, 0.6) is 17.2 Å². The van der Waals surface area contributed by atoms with E-state index in [4.69, 9.17) is 14.2 Å². The van der Waals surface area contributed by atoms with Gasteiger partial charge in [0.25, 0.3) is 5.56 Å². The molecule has 3 rings (SSSR count). The van der Waals surface area contributed by atoms with E-state index in [2.05, 4.69) is 20.5 Å². The van der Waals surface area contributed by atoms with Crippen molar-refractivity contribution >= 4 is 12.1 Å². The van der Waals surface area contributed by atoms with Gasteiger partial charge in [-0.25, -0.2) is 10.2 Å². The SMILES string of the molecule is COc1cc(/C=N\NC(=O)Cc2c(C)[nH]c(=O)[nH]c2=O)cc(OC)c1OCc1ccccc1. The number of ether oxygens (including phenoxy) is 3. The molecule has 1 amide bonds. The Balaban J connectivity index is 1.70. The lowest BCUT2D eigenvalue weighted by molar-refractivity contribution is -0.120. The Kier molecular flexibility index (Phi) is 7.64. The van der Waals surface area contributed by atoms with Crippen molar-refractivity contribution in [3.8, 4) is 17.2 Å². The lowest BCUT2D eigenvalue weighted by Crippen LogP contribution is -2.30. The average Bonchev–Trinajstić information content (AvgIpc) is 2.80. The number of aryl methyl sites for hydroxylation is 1. The summed E-state index contributed by atoms with van der Waals surface area (Å²) in [7, 11) is 3.02. The number of aromatic amines is 2. The lowest BCUT2D eigenvalue weighted by Gasteiger charge is -2.15. The molecule has 0 aliphatic carbocycles. The normalized spacial score (nSPS) is 10.8. The van der Waals surface area contributed by atoms with Crippen molar-refractivity contribution in [2.75, 3.05) is 14.2 Å². The molecule has 33 heavy (non-hydrogen) atoms. The van der Waals surface area contributed by atoms with E-state index in [1.165, 1.54) is 20.4 Å². The number of aromatic nitrogens is 2. The zero-order valence-electron chi connectivity index (χ0n) is 18.4. The third-order valence-electron chi connectivity index (χ3n) is 4.70. The molecule has 0 spiro atoms. The first-order chi connectivity index (χ1) is 15.9. The number of hydrogen-bond acceptors (Lipinski definition) is 7. The highest BCUT2D eigenvalue weighted by molar-refractivity contribution is 5.85. The highest BCUT2D eigenvalue weighted by Gasteiger charge is 2.14. The highest BCUT2D eigenvalue weighted by Crippen LogP contribution is 2.38. The van der Waals surface area contributed by atoms with Crippen LogP contribution >= 0.6 is 0 Å². The van der Waals surface area contributed by atoms with Crippen LogP contribution in [-0.2, 0) is 17.8 Å². The fourth-order valence-corrected chi connectivity index (χ4v) is 3.06. The molecule has 172 valence electrons. The van der Waals surface area contributed by atoms with Gasteiger partial charge in [0.1, 0.15) is 6.61 Å². The number of hydrazone groups is 1. The molecule has 2 aromatic carbocycles. The zero-order chi connectivity index (χ0) is 23.8. The molecule has 10 heteroatoms. The largest absolute Gasteiger partial charge is 0.493 e. The molecule has 0 bridgehead atoms. The molecule has 0 unspecified atom stereocenters. The Labute approximate surface area is 189 Å². The van der Waals surface area contributed by atoms with E-state index in [1.807, 2.05) is 30.3 Å². The number of carbonyl (C=O) groups is 1. The average molecular weight is 452 g/mol. The second-order valence-corrected chi connectivity index (χ2v) is 7.01. The van der Waals surface area contributed by atoms with Gasteiger partial charge in [-0.15, -0.1) is 0 Å². The van der Waals surface area contributed by atoms with E-state index >= 15 is 0 Å². The first kappa shape index (κ1) is 23.3. The van der Waals surface area contributed by atoms with Gasteiger partial charge in [-0.1, -0.05) is 30.3 Å². The molecule has 10 nitrogen and oxygen atoms in total. The number of H-pyrrole nitrogens is 2. The van der Waals surface area contributed by atoms with Crippen molar-refractivity contribution in [1.29, 1.82) is 0 Å². The Morgan fingerprint density at radius 1 is 1.06 bits per heavy atom. The van der Waals surface area contributed by atoms with Gasteiger partial charge in [0.2, 0.25) is 11.7 Å². The first-order valence-electron chi connectivity index (χ1n) is 9.98. The zero-order valence-corrected chi connectivity index (χ0v) is 18.4. The van der Waals surface area contributed by atoms with Gasteiger partial charge < -0.3 is 19.2 Å². The second kappa shape index (κ2) is 10.8. The first-order valence-corrected chi connectivity index (χ1v) is 9.98. The van der Waals surface area contributed by atoms with Crippen LogP contribution in [0, 0.1) is 6.92 Å². The number of rotatable bonds is 9. The fraction of sp³-hybridized carbons (Fsp3) is 0.217. The summed E-state index contributed by atoms with van der Waals surface area (Å²) >= 11 is 0. The highest BCUT2D eigenvalue weighted by atomic mass is 16.5. The van der Waals surface area contributed by atoms with Gasteiger partial charge in [-0.05, 0) is 24.6 Å². The minimum Gasteiger partial charge on any atom is -0.493 e. The number of benzene rings is 2. The number of amides is 1. The Hall–Kier alpha value is -4.34. The van der Waals surface area contributed by atoms with Gasteiger partial charge in [-0.3, -0.25) is 14.6 Å². The number of methoxy groups -OCH3 is 2. The summed E-state index contributed by atoms with van der Waals surface area (Å²) in [5.41, 5.74) is 3.18. The molecule has 0 saturated heterocycles. The van der Waals surface area contributed by atoms with Crippen LogP contribution in [0.2, 0.25) is 0 Å². The summed E-state index contributed by atoms with van der Waals surface area (Å²) in [6.07, 6.45) is 1.17. The standard InChI is InChI=1S/C23H24N4O6/c1-14-17(22(29)26-23(30)25-14)11-20(28)27-24-12-16-9-18(31-2)21(19(10-16)32-3)33-13-15-7-5-4-6-8-15/h4-10,12H,11,13H2,1-3H3,(H,27,28)(H2,25,26,29,30)/b24-12-. The number of carbonyl (C=O) groups excluding carboxylic acids is 1.